The van der Waals surface area contributed by atoms with Crippen LogP contribution in [0.15, 0.2) is 24.3 Å². The second-order valence-corrected chi connectivity index (χ2v) is 6.50. The maximum absolute atomic E-state index is 12.9. The summed E-state index contributed by atoms with van der Waals surface area (Å²) in [5, 5.41) is 11.7. The first-order valence-corrected chi connectivity index (χ1v) is 8.38. The molecule has 1 aromatic carbocycles. The van der Waals surface area contributed by atoms with Gasteiger partial charge in [-0.1, -0.05) is 25.5 Å². The monoisotopic (exact) mass is 327 g/mol. The number of hydrogen-bond donors (Lipinski definition) is 2. The molecule has 0 heterocycles. The van der Waals surface area contributed by atoms with Gasteiger partial charge in [-0.15, -0.1) is 11.8 Å². The molecule has 0 fully saturated rings. The van der Waals surface area contributed by atoms with Gasteiger partial charge in [-0.05, 0) is 36.8 Å². The van der Waals surface area contributed by atoms with Crippen molar-refractivity contribution in [2.75, 3.05) is 12.3 Å². The number of benzene rings is 1. The molecule has 0 aliphatic rings. The number of nitrogens with one attached hydrogen (secondary N) is 1. The smallest absolute Gasteiger partial charge is 0.312 e. The van der Waals surface area contributed by atoms with Crippen molar-refractivity contribution in [3.05, 3.63) is 35.6 Å². The lowest BCUT2D eigenvalue weighted by molar-refractivity contribution is -0.138. The Kier molecular flexibility index (Phi) is 7.95. The Morgan fingerprint density at radius 3 is 2.50 bits per heavy atom. The van der Waals surface area contributed by atoms with Crippen LogP contribution in [-0.2, 0) is 9.59 Å². The predicted octanol–water partition coefficient (Wildman–Crippen LogP) is 3.03. The lowest BCUT2D eigenvalue weighted by atomic mass is 9.99. The van der Waals surface area contributed by atoms with Crippen LogP contribution in [0.1, 0.15) is 38.2 Å². The van der Waals surface area contributed by atoms with E-state index in [9.17, 15) is 19.1 Å². The number of halogens is 1. The summed E-state index contributed by atoms with van der Waals surface area (Å²) >= 11 is 1.56. The molecule has 22 heavy (non-hydrogen) atoms. The zero-order valence-electron chi connectivity index (χ0n) is 12.8. The van der Waals surface area contributed by atoms with Crippen molar-refractivity contribution < 1.29 is 19.1 Å². The summed E-state index contributed by atoms with van der Waals surface area (Å²) in [6.45, 7) is 3.90. The Labute approximate surface area is 134 Å². The minimum absolute atomic E-state index is 0.00151. The summed E-state index contributed by atoms with van der Waals surface area (Å²) in [5.74, 6) is -1.60. The van der Waals surface area contributed by atoms with Crippen LogP contribution in [0, 0.1) is 5.82 Å². The van der Waals surface area contributed by atoms with Gasteiger partial charge in [0.25, 0.3) is 0 Å². The number of carbonyl (C=O) groups excluding carboxylic acids is 1. The first-order chi connectivity index (χ1) is 10.5. The second-order valence-electron chi connectivity index (χ2n) is 5.05. The van der Waals surface area contributed by atoms with Crippen molar-refractivity contribution in [1.29, 1.82) is 0 Å². The molecule has 0 radical (unpaired) electrons. The summed E-state index contributed by atoms with van der Waals surface area (Å²) in [4.78, 5) is 23.3. The van der Waals surface area contributed by atoms with Crippen LogP contribution in [0.25, 0.3) is 0 Å². The van der Waals surface area contributed by atoms with Crippen molar-refractivity contribution >= 4 is 23.6 Å². The maximum Gasteiger partial charge on any atom is 0.312 e. The van der Waals surface area contributed by atoms with Gasteiger partial charge in [-0.25, -0.2) is 4.39 Å². The largest absolute Gasteiger partial charge is 0.481 e. The zero-order chi connectivity index (χ0) is 16.5. The maximum atomic E-state index is 12.9. The Morgan fingerprint density at radius 1 is 1.32 bits per heavy atom. The zero-order valence-corrected chi connectivity index (χ0v) is 13.7. The molecule has 1 amide bonds. The number of rotatable bonds is 9. The van der Waals surface area contributed by atoms with Crippen LogP contribution >= 0.6 is 11.8 Å². The predicted molar refractivity (Wildman–Crippen MR) is 86.6 cm³/mol. The van der Waals surface area contributed by atoms with Gasteiger partial charge in [0.1, 0.15) is 5.82 Å². The molecule has 2 atom stereocenters. The van der Waals surface area contributed by atoms with Crippen LogP contribution in [0.4, 0.5) is 4.39 Å². The van der Waals surface area contributed by atoms with Crippen molar-refractivity contribution in [1.82, 2.24) is 5.32 Å². The molecular formula is C16H22FNO3S. The van der Waals surface area contributed by atoms with Gasteiger partial charge in [0.2, 0.25) is 5.91 Å². The second kappa shape index (κ2) is 9.46. The Morgan fingerprint density at radius 2 is 1.95 bits per heavy atom. The van der Waals surface area contributed by atoms with E-state index in [1.165, 1.54) is 24.3 Å². The van der Waals surface area contributed by atoms with E-state index in [0.29, 0.717) is 5.56 Å². The Bertz CT molecular complexity index is 493. The molecule has 4 nitrogen and oxygen atoms in total. The number of hydrogen-bond acceptors (Lipinski definition) is 3. The molecule has 0 saturated heterocycles. The SMILES string of the molecule is CCCCSC(C)C(=O)NCC(C(=O)O)c1ccc(F)cc1. The number of thioether (sulfide) groups is 1. The van der Waals surface area contributed by atoms with Crippen LogP contribution in [0.3, 0.4) is 0 Å². The van der Waals surface area contributed by atoms with Crippen molar-refractivity contribution in [2.24, 2.45) is 0 Å². The molecule has 0 spiro atoms. The molecular weight excluding hydrogens is 305 g/mol. The lowest BCUT2D eigenvalue weighted by Crippen LogP contribution is -2.36. The average Bonchev–Trinajstić information content (AvgIpc) is 2.48. The van der Waals surface area contributed by atoms with E-state index in [0.717, 1.165) is 18.6 Å². The molecule has 2 N–H and O–H groups in total. The van der Waals surface area contributed by atoms with Crippen molar-refractivity contribution in [2.45, 2.75) is 37.9 Å². The molecule has 0 bridgehead atoms. The van der Waals surface area contributed by atoms with E-state index in [-0.39, 0.29) is 17.7 Å². The highest BCUT2D eigenvalue weighted by atomic mass is 32.2. The highest BCUT2D eigenvalue weighted by Gasteiger charge is 2.22. The fourth-order valence-electron chi connectivity index (χ4n) is 1.87. The summed E-state index contributed by atoms with van der Waals surface area (Å²) in [5.41, 5.74) is 0.473. The van der Waals surface area contributed by atoms with Gasteiger partial charge in [-0.2, -0.15) is 0 Å². The number of amides is 1. The Hall–Kier alpha value is -1.56. The molecule has 0 aliphatic heterocycles. The number of carbonyl (C=O) groups is 2. The van der Waals surface area contributed by atoms with Crippen molar-refractivity contribution in [3.63, 3.8) is 0 Å². The highest BCUT2D eigenvalue weighted by Crippen LogP contribution is 2.17. The quantitative estimate of drug-likeness (QED) is 0.684. The summed E-state index contributed by atoms with van der Waals surface area (Å²) in [6, 6.07) is 5.30. The topological polar surface area (TPSA) is 66.4 Å². The molecule has 0 aromatic heterocycles. The first-order valence-electron chi connectivity index (χ1n) is 7.33. The first kappa shape index (κ1) is 18.5. The molecule has 0 aliphatic carbocycles. The van der Waals surface area contributed by atoms with Gasteiger partial charge >= 0.3 is 5.97 Å². The summed E-state index contributed by atoms with van der Waals surface area (Å²) < 4.78 is 12.9. The fourth-order valence-corrected chi connectivity index (χ4v) is 2.91. The average molecular weight is 327 g/mol. The minimum atomic E-state index is -1.04. The molecule has 1 aromatic rings. The van der Waals surface area contributed by atoms with E-state index < -0.39 is 17.7 Å². The van der Waals surface area contributed by atoms with Gasteiger partial charge < -0.3 is 10.4 Å². The fraction of sp³-hybridized carbons (Fsp3) is 0.500. The van der Waals surface area contributed by atoms with E-state index in [4.69, 9.17) is 0 Å². The van der Waals surface area contributed by atoms with Gasteiger partial charge in [0.05, 0.1) is 11.2 Å². The van der Waals surface area contributed by atoms with Crippen LogP contribution in [-0.4, -0.2) is 34.5 Å². The molecule has 1 rings (SSSR count). The standard InChI is InChI=1S/C16H22FNO3S/c1-3-4-9-22-11(2)15(19)18-10-14(16(20)21)12-5-7-13(17)8-6-12/h5-8,11,14H,3-4,9-10H2,1-2H3,(H,18,19)(H,20,21). The van der Waals surface area contributed by atoms with E-state index in [1.807, 2.05) is 6.92 Å². The summed E-state index contributed by atoms with van der Waals surface area (Å²) in [7, 11) is 0. The minimum Gasteiger partial charge on any atom is -0.481 e. The highest BCUT2D eigenvalue weighted by molar-refractivity contribution is 8.00. The third-order valence-electron chi connectivity index (χ3n) is 3.29. The number of carboxylic acids is 1. The van der Waals surface area contributed by atoms with E-state index in [2.05, 4.69) is 12.2 Å². The van der Waals surface area contributed by atoms with E-state index in [1.54, 1.807) is 11.8 Å². The molecule has 6 heteroatoms. The number of unbranched alkanes of at least 4 members (excludes halogenated alkanes) is 1. The molecule has 2 unspecified atom stereocenters. The third kappa shape index (κ3) is 6.05. The lowest BCUT2D eigenvalue weighted by Gasteiger charge is -2.16. The van der Waals surface area contributed by atoms with E-state index >= 15 is 0 Å². The summed E-state index contributed by atoms with van der Waals surface area (Å²) in [6.07, 6.45) is 2.13. The molecule has 0 saturated carbocycles. The van der Waals surface area contributed by atoms with Gasteiger partial charge in [-0.3, -0.25) is 9.59 Å². The normalized spacial score (nSPS) is 13.4. The third-order valence-corrected chi connectivity index (χ3v) is 4.52. The van der Waals surface area contributed by atoms with Crippen molar-refractivity contribution in [3.8, 4) is 0 Å². The Balaban J connectivity index is 2.56. The van der Waals surface area contributed by atoms with Gasteiger partial charge in [0, 0.05) is 6.54 Å². The number of aliphatic carboxylic acids is 1. The van der Waals surface area contributed by atoms with Crippen LogP contribution in [0.2, 0.25) is 0 Å². The molecule has 122 valence electrons. The number of carboxylic acid groups (broad SMARTS) is 1. The van der Waals surface area contributed by atoms with Crippen LogP contribution in [0.5, 0.6) is 0 Å². The van der Waals surface area contributed by atoms with Gasteiger partial charge in [0.15, 0.2) is 0 Å². The van der Waals surface area contributed by atoms with Crippen LogP contribution < -0.4 is 5.32 Å².